The van der Waals surface area contributed by atoms with Crippen LogP contribution in [0.3, 0.4) is 0 Å². The van der Waals surface area contributed by atoms with Crippen molar-refractivity contribution in [2.45, 2.75) is 31.8 Å². The number of hydrogen-bond acceptors (Lipinski definition) is 8. The Bertz CT molecular complexity index is 1180. The molecule has 1 aromatic carbocycles. The molecule has 0 aliphatic carbocycles. The maximum Gasteiger partial charge on any atom is 0.280 e. The van der Waals surface area contributed by atoms with Gasteiger partial charge in [-0.1, -0.05) is 30.3 Å². The lowest BCUT2D eigenvalue weighted by atomic mass is 10.1. The Kier molecular flexibility index (Phi) is 5.20. The molecule has 1 fully saturated rings. The Morgan fingerprint density at radius 3 is 2.70 bits per heavy atom. The zero-order chi connectivity index (χ0) is 21.4. The Labute approximate surface area is 170 Å². The molecule has 30 heavy (non-hydrogen) atoms. The smallest absolute Gasteiger partial charge is 0.280 e. The number of aromatic nitrogens is 4. The lowest BCUT2D eigenvalue weighted by Gasteiger charge is -2.15. The van der Waals surface area contributed by atoms with Crippen molar-refractivity contribution in [2.24, 2.45) is 0 Å². The van der Waals surface area contributed by atoms with Crippen molar-refractivity contribution in [3.8, 4) is 0 Å². The molecule has 0 amide bonds. The highest BCUT2D eigenvalue weighted by Crippen LogP contribution is 2.32. The van der Waals surface area contributed by atoms with Crippen LogP contribution in [0.2, 0.25) is 0 Å². The molecular formula is C20H21N5O5. The van der Waals surface area contributed by atoms with E-state index in [2.05, 4.69) is 15.0 Å². The van der Waals surface area contributed by atoms with Gasteiger partial charge in [0.15, 0.2) is 16.9 Å². The topological polar surface area (TPSA) is 156 Å². The van der Waals surface area contributed by atoms with Crippen LogP contribution < -0.4 is 11.3 Å². The summed E-state index contributed by atoms with van der Waals surface area (Å²) in [5.74, 6) is 0.284. The van der Waals surface area contributed by atoms with Gasteiger partial charge in [-0.25, -0.2) is 4.98 Å². The lowest BCUT2D eigenvalue weighted by Crippen LogP contribution is -2.24. The molecule has 5 N–H and O–H groups in total. The van der Waals surface area contributed by atoms with E-state index in [0.717, 1.165) is 5.56 Å². The molecule has 3 aromatic rings. The molecule has 10 nitrogen and oxygen atoms in total. The number of nitrogen functional groups attached to an aromatic ring is 1. The number of aromatic amines is 1. The predicted molar refractivity (Wildman–Crippen MR) is 110 cm³/mol. The van der Waals surface area contributed by atoms with Crippen LogP contribution in [-0.4, -0.2) is 54.3 Å². The van der Waals surface area contributed by atoms with E-state index in [4.69, 9.17) is 10.5 Å². The van der Waals surface area contributed by atoms with E-state index in [1.54, 1.807) is 41.0 Å². The van der Waals surface area contributed by atoms with Crippen molar-refractivity contribution < 1.29 is 19.7 Å². The van der Waals surface area contributed by atoms with Crippen LogP contribution in [0.5, 0.6) is 0 Å². The molecule has 1 unspecified atom stereocenters. The number of carbonyl (C=O) groups is 1. The van der Waals surface area contributed by atoms with E-state index in [-0.39, 0.29) is 35.9 Å². The van der Waals surface area contributed by atoms with E-state index < -0.39 is 24.0 Å². The van der Waals surface area contributed by atoms with Crippen molar-refractivity contribution in [2.75, 3.05) is 12.3 Å². The molecule has 3 atom stereocenters. The number of aliphatic hydroxyl groups is 2. The summed E-state index contributed by atoms with van der Waals surface area (Å²) < 4.78 is 7.33. The summed E-state index contributed by atoms with van der Waals surface area (Å²) in [6, 6.07) is 7.03. The fourth-order valence-electron chi connectivity index (χ4n) is 3.46. The number of fused-ring (bicyclic) bond motifs is 1. The van der Waals surface area contributed by atoms with Gasteiger partial charge in [0.1, 0.15) is 18.2 Å². The van der Waals surface area contributed by atoms with Gasteiger partial charge < -0.3 is 20.7 Å². The second kappa shape index (κ2) is 7.82. The molecule has 2 aromatic heterocycles. The van der Waals surface area contributed by atoms with Crippen LogP contribution in [0.25, 0.3) is 23.3 Å². The molecular weight excluding hydrogens is 390 g/mol. The predicted octanol–water partition coefficient (Wildman–Crippen LogP) is 0.715. The standard InChI is InChI=1S/C20H21N5O5/c1-10(27)12-5-2-11(3-6-12)4-7-15-22-17-18(23-20(21)24-19(17)29)25(15)16-8-13(28)14(9-26)30-16/h2-7,13-14,16,26,28H,8-9H2,1H3,(H3,21,23,24,29)/t13?,14-,16-/m1/s1. The summed E-state index contributed by atoms with van der Waals surface area (Å²) in [5, 5.41) is 19.5. The molecule has 3 heterocycles. The molecule has 0 radical (unpaired) electrons. The Morgan fingerprint density at radius 1 is 1.33 bits per heavy atom. The first-order valence-corrected chi connectivity index (χ1v) is 9.38. The number of nitrogens with one attached hydrogen (secondary N) is 1. The SMILES string of the molecule is CC(=O)c1ccc(C=Cc2nc3c(=O)[nH]c(N)nc3n2[C@H]2CC(O)[C@@H](CO)O2)cc1. The van der Waals surface area contributed by atoms with Gasteiger partial charge in [0, 0.05) is 12.0 Å². The number of H-pyrrole nitrogens is 1. The Morgan fingerprint density at radius 2 is 2.07 bits per heavy atom. The normalized spacial score (nSPS) is 21.6. The number of carbonyl (C=O) groups excluding carboxylic acids is 1. The number of benzene rings is 1. The molecule has 1 aliphatic rings. The molecule has 0 saturated carbocycles. The van der Waals surface area contributed by atoms with Crippen LogP contribution in [0.15, 0.2) is 29.1 Å². The van der Waals surface area contributed by atoms with E-state index in [0.29, 0.717) is 11.4 Å². The van der Waals surface area contributed by atoms with Gasteiger partial charge in [-0.3, -0.25) is 19.1 Å². The van der Waals surface area contributed by atoms with Gasteiger partial charge >= 0.3 is 0 Å². The number of Topliss-reactive ketones (excluding diaryl/α,β-unsaturated/α-hetero) is 1. The molecule has 156 valence electrons. The van der Waals surface area contributed by atoms with Crippen LogP contribution in [0.4, 0.5) is 5.95 Å². The second-order valence-corrected chi connectivity index (χ2v) is 7.09. The highest BCUT2D eigenvalue weighted by atomic mass is 16.5. The molecule has 0 bridgehead atoms. The summed E-state index contributed by atoms with van der Waals surface area (Å²) in [4.78, 5) is 34.7. The van der Waals surface area contributed by atoms with Crippen LogP contribution in [0, 0.1) is 0 Å². The van der Waals surface area contributed by atoms with Crippen molar-refractivity contribution in [1.29, 1.82) is 0 Å². The zero-order valence-corrected chi connectivity index (χ0v) is 16.1. The van der Waals surface area contributed by atoms with Gasteiger partial charge in [-0.15, -0.1) is 0 Å². The number of rotatable bonds is 5. The largest absolute Gasteiger partial charge is 0.394 e. The minimum atomic E-state index is -0.868. The van der Waals surface area contributed by atoms with Gasteiger partial charge in [0.25, 0.3) is 5.56 Å². The third-order valence-electron chi connectivity index (χ3n) is 5.01. The summed E-state index contributed by atoms with van der Waals surface area (Å²) in [6.07, 6.45) is 1.35. The van der Waals surface area contributed by atoms with Crippen LogP contribution in [-0.2, 0) is 4.74 Å². The molecule has 1 aliphatic heterocycles. The van der Waals surface area contributed by atoms with Crippen LogP contribution >= 0.6 is 0 Å². The number of imidazole rings is 1. The monoisotopic (exact) mass is 411 g/mol. The minimum Gasteiger partial charge on any atom is -0.394 e. The third-order valence-corrected chi connectivity index (χ3v) is 5.01. The summed E-state index contributed by atoms with van der Waals surface area (Å²) in [7, 11) is 0. The number of hydrogen-bond donors (Lipinski definition) is 4. The number of nitrogens with zero attached hydrogens (tertiary/aromatic N) is 3. The van der Waals surface area contributed by atoms with E-state index in [9.17, 15) is 19.8 Å². The minimum absolute atomic E-state index is 0.0226. The van der Waals surface area contributed by atoms with Gasteiger partial charge in [-0.05, 0) is 18.6 Å². The van der Waals surface area contributed by atoms with Crippen molar-refractivity contribution in [1.82, 2.24) is 19.5 Å². The Hall–Kier alpha value is -3.34. The second-order valence-electron chi connectivity index (χ2n) is 7.09. The number of nitrogens with two attached hydrogens (primary N) is 1. The lowest BCUT2D eigenvalue weighted by molar-refractivity contribution is -0.0433. The molecule has 10 heteroatoms. The fourth-order valence-corrected chi connectivity index (χ4v) is 3.46. The Balaban J connectivity index is 1.78. The summed E-state index contributed by atoms with van der Waals surface area (Å²) >= 11 is 0. The first-order valence-electron chi connectivity index (χ1n) is 9.38. The van der Waals surface area contributed by atoms with Crippen molar-refractivity contribution in [3.05, 3.63) is 51.6 Å². The molecule has 4 rings (SSSR count). The number of aliphatic hydroxyl groups excluding tert-OH is 2. The summed E-state index contributed by atoms with van der Waals surface area (Å²) in [5.41, 5.74) is 6.94. The quantitative estimate of drug-likeness (QED) is 0.447. The van der Waals surface area contributed by atoms with Gasteiger partial charge in [-0.2, -0.15) is 4.98 Å². The highest BCUT2D eigenvalue weighted by molar-refractivity contribution is 5.94. The van der Waals surface area contributed by atoms with Crippen molar-refractivity contribution >= 4 is 35.0 Å². The zero-order valence-electron chi connectivity index (χ0n) is 16.1. The molecule has 0 spiro atoms. The van der Waals surface area contributed by atoms with E-state index in [1.165, 1.54) is 6.92 Å². The average molecular weight is 411 g/mol. The third kappa shape index (κ3) is 3.63. The maximum absolute atomic E-state index is 12.3. The van der Waals surface area contributed by atoms with Gasteiger partial charge in [0.05, 0.1) is 12.7 Å². The number of ketones is 1. The fraction of sp³-hybridized carbons (Fsp3) is 0.300. The molecule has 1 saturated heterocycles. The average Bonchev–Trinajstić information content (AvgIpc) is 3.26. The number of ether oxygens (including phenoxy) is 1. The van der Waals surface area contributed by atoms with E-state index >= 15 is 0 Å². The maximum atomic E-state index is 12.3. The first-order chi connectivity index (χ1) is 14.4. The summed E-state index contributed by atoms with van der Waals surface area (Å²) in [6.45, 7) is 1.16. The van der Waals surface area contributed by atoms with Crippen LogP contribution in [0.1, 0.15) is 41.3 Å². The highest BCUT2D eigenvalue weighted by Gasteiger charge is 2.36. The first kappa shape index (κ1) is 20.0. The van der Waals surface area contributed by atoms with Gasteiger partial charge in [0.2, 0.25) is 5.95 Å². The number of anilines is 1. The van der Waals surface area contributed by atoms with E-state index in [1.807, 2.05) is 0 Å². The van der Waals surface area contributed by atoms with Crippen molar-refractivity contribution in [3.63, 3.8) is 0 Å².